The highest BCUT2D eigenvalue weighted by Gasteiger charge is 2.70. The van der Waals surface area contributed by atoms with E-state index >= 15 is 0 Å². The van der Waals surface area contributed by atoms with E-state index in [1.165, 1.54) is 6.08 Å². The average Bonchev–Trinajstić information content (AvgIpc) is 3.28. The molecule has 6 atom stereocenters. The Morgan fingerprint density at radius 2 is 1.61 bits per heavy atom. The summed E-state index contributed by atoms with van der Waals surface area (Å²) in [5.74, 6) is -2.31. The van der Waals surface area contributed by atoms with Gasteiger partial charge in [-0.15, -0.1) is 6.58 Å². The summed E-state index contributed by atoms with van der Waals surface area (Å²) < 4.78 is 0. The Balaban J connectivity index is 1.82. The zero-order valence-corrected chi connectivity index (χ0v) is 29.2. The van der Waals surface area contributed by atoms with Crippen LogP contribution in [-0.2, 0) is 25.6 Å². The molecular weight excluding hydrogens is 582 g/mol. The molecule has 2 aliphatic rings. The molecule has 10 nitrogen and oxygen atoms in total. The Labute approximate surface area is 274 Å². The number of carbonyl (C=O) groups is 5. The van der Waals surface area contributed by atoms with Gasteiger partial charge in [0.05, 0.1) is 6.04 Å². The zero-order chi connectivity index (χ0) is 34.6. The number of fused-ring (bicyclic) bond motifs is 1. The van der Waals surface area contributed by atoms with Crippen LogP contribution in [0.1, 0.15) is 80.7 Å². The van der Waals surface area contributed by atoms with E-state index < -0.39 is 47.2 Å². The molecule has 254 valence electrons. The molecule has 1 aromatic carbocycles. The van der Waals surface area contributed by atoms with Crippen molar-refractivity contribution in [2.75, 3.05) is 13.1 Å². The molecule has 0 radical (unpaired) electrons. The Bertz CT molecular complexity index is 1300. The maximum absolute atomic E-state index is 14.3. The van der Waals surface area contributed by atoms with Crippen molar-refractivity contribution < 1.29 is 24.0 Å². The predicted octanol–water partition coefficient (Wildman–Crippen LogP) is 4.00. The molecule has 1 saturated heterocycles. The third-order valence-corrected chi connectivity index (χ3v) is 9.62. The summed E-state index contributed by atoms with van der Waals surface area (Å²) in [6.07, 6.45) is 2.96. The predicted molar refractivity (Wildman–Crippen MR) is 180 cm³/mol. The SMILES string of the molecule is C=CCNC(=O)C(=O)C(CCC)NC(=O)[C@@H]1[C@@H]2C(CN1C(=O)[C@@H](NC(=O)N[C@H](Cc1ccccc1)C(C)(C)C)C(C)(C)C)C2(C)C. The highest BCUT2D eigenvalue weighted by atomic mass is 16.2. The van der Waals surface area contributed by atoms with Crippen molar-refractivity contribution in [1.29, 1.82) is 0 Å². The molecular formula is C36H55N5O5. The highest BCUT2D eigenvalue weighted by Crippen LogP contribution is 2.65. The van der Waals surface area contributed by atoms with Gasteiger partial charge in [-0.3, -0.25) is 19.2 Å². The first kappa shape index (κ1) is 36.8. The van der Waals surface area contributed by atoms with Crippen LogP contribution in [0, 0.1) is 28.1 Å². The summed E-state index contributed by atoms with van der Waals surface area (Å²) in [5, 5.41) is 11.4. The fourth-order valence-electron chi connectivity index (χ4n) is 6.61. The number of hydrogen-bond acceptors (Lipinski definition) is 5. The van der Waals surface area contributed by atoms with Crippen molar-refractivity contribution in [2.45, 2.75) is 106 Å². The maximum Gasteiger partial charge on any atom is 0.315 e. The lowest BCUT2D eigenvalue weighted by Crippen LogP contribution is -2.62. The highest BCUT2D eigenvalue weighted by molar-refractivity contribution is 6.38. The Morgan fingerprint density at radius 1 is 0.978 bits per heavy atom. The van der Waals surface area contributed by atoms with Gasteiger partial charge in [-0.25, -0.2) is 4.79 Å². The largest absolute Gasteiger partial charge is 0.346 e. The number of ketones is 1. The Morgan fingerprint density at radius 3 is 2.15 bits per heavy atom. The second-order valence-electron chi connectivity index (χ2n) is 15.6. The van der Waals surface area contributed by atoms with Crippen LogP contribution in [-0.4, -0.2) is 71.7 Å². The number of Topliss-reactive ketones (excluding diaryl/α,β-unsaturated/α-hetero) is 1. The van der Waals surface area contributed by atoms with Gasteiger partial charge in [0.1, 0.15) is 12.1 Å². The normalized spacial score (nSPS) is 22.0. The molecule has 1 aliphatic carbocycles. The van der Waals surface area contributed by atoms with Gasteiger partial charge in [-0.1, -0.05) is 105 Å². The first-order chi connectivity index (χ1) is 21.3. The number of hydrogen-bond donors (Lipinski definition) is 4. The standard InChI is InChI=1S/C36H55N5O5/c1-11-16-24(28(42)31(44)37-19-12-2)38-30(43)27-26-23(36(26,9)10)21-41(27)32(45)29(35(6,7)8)40-33(46)39-25(34(3,4)5)20-22-17-14-13-15-18-22/h12-15,17-18,23-27,29H,2,11,16,19-21H2,1,3-10H3,(H,37,44)(H,38,43)(H2,39,40,46)/t23?,24?,25-,26+,27+,29-/m1/s1. The van der Waals surface area contributed by atoms with Crippen LogP contribution in [0.2, 0.25) is 0 Å². The summed E-state index contributed by atoms with van der Waals surface area (Å²) in [7, 11) is 0. The molecule has 1 saturated carbocycles. The zero-order valence-electron chi connectivity index (χ0n) is 29.2. The molecule has 4 N–H and O–H groups in total. The van der Waals surface area contributed by atoms with Gasteiger partial charge in [0.15, 0.2) is 0 Å². The number of piperidine rings is 1. The first-order valence-corrected chi connectivity index (χ1v) is 16.5. The molecule has 0 aromatic heterocycles. The summed E-state index contributed by atoms with van der Waals surface area (Å²) in [6, 6.07) is 6.52. The summed E-state index contributed by atoms with van der Waals surface area (Å²) >= 11 is 0. The van der Waals surface area contributed by atoms with Crippen LogP contribution in [0.25, 0.3) is 0 Å². The van der Waals surface area contributed by atoms with E-state index in [0.29, 0.717) is 19.4 Å². The van der Waals surface area contributed by atoms with Crippen molar-refractivity contribution in [2.24, 2.45) is 28.1 Å². The van der Waals surface area contributed by atoms with Gasteiger partial charge in [0.2, 0.25) is 17.6 Å². The van der Waals surface area contributed by atoms with E-state index in [-0.39, 0.29) is 47.6 Å². The summed E-state index contributed by atoms with van der Waals surface area (Å²) in [5.41, 5.74) is 0.00773. The van der Waals surface area contributed by atoms with Crippen LogP contribution in [0.15, 0.2) is 43.0 Å². The molecule has 5 amide bonds. The quantitative estimate of drug-likeness (QED) is 0.192. The monoisotopic (exact) mass is 637 g/mol. The van der Waals surface area contributed by atoms with Gasteiger partial charge in [-0.05, 0) is 46.5 Å². The van der Waals surface area contributed by atoms with Crippen molar-refractivity contribution >= 4 is 29.5 Å². The molecule has 0 bridgehead atoms. The molecule has 0 spiro atoms. The summed E-state index contributed by atoms with van der Waals surface area (Å²) in [4.78, 5) is 68.8. The Kier molecular flexibility index (Phi) is 11.5. The third-order valence-electron chi connectivity index (χ3n) is 9.62. The lowest BCUT2D eigenvalue weighted by molar-refractivity contribution is -0.145. The average molecular weight is 638 g/mol. The van der Waals surface area contributed by atoms with E-state index in [1.54, 1.807) is 4.90 Å². The lowest BCUT2D eigenvalue weighted by atomic mass is 9.83. The summed E-state index contributed by atoms with van der Waals surface area (Å²) in [6.45, 7) is 21.9. The van der Waals surface area contributed by atoms with Gasteiger partial charge in [0.25, 0.3) is 5.91 Å². The maximum atomic E-state index is 14.3. The Hall–Kier alpha value is -3.69. The minimum Gasteiger partial charge on any atom is -0.346 e. The van der Waals surface area contributed by atoms with Crippen molar-refractivity contribution in [3.8, 4) is 0 Å². The topological polar surface area (TPSA) is 137 Å². The van der Waals surface area contributed by atoms with Gasteiger partial charge >= 0.3 is 6.03 Å². The second-order valence-corrected chi connectivity index (χ2v) is 15.6. The van der Waals surface area contributed by atoms with E-state index in [4.69, 9.17) is 0 Å². The van der Waals surface area contributed by atoms with Crippen molar-refractivity contribution in [3.63, 3.8) is 0 Å². The third kappa shape index (κ3) is 8.56. The van der Waals surface area contributed by atoms with Gasteiger partial charge in [-0.2, -0.15) is 0 Å². The first-order valence-electron chi connectivity index (χ1n) is 16.5. The van der Waals surface area contributed by atoms with E-state index in [2.05, 4.69) is 62.5 Å². The minimum atomic E-state index is -1.01. The second kappa shape index (κ2) is 14.4. The van der Waals surface area contributed by atoms with Crippen LogP contribution in [0.5, 0.6) is 0 Å². The number of nitrogens with zero attached hydrogens (tertiary/aromatic N) is 1. The molecule has 2 fully saturated rings. The molecule has 1 heterocycles. The number of rotatable bonds is 13. The van der Waals surface area contributed by atoms with Crippen LogP contribution >= 0.6 is 0 Å². The molecule has 46 heavy (non-hydrogen) atoms. The number of carbonyl (C=O) groups excluding carboxylic acids is 5. The van der Waals surface area contributed by atoms with Crippen molar-refractivity contribution in [3.05, 3.63) is 48.6 Å². The minimum absolute atomic E-state index is 0.103. The number of benzene rings is 1. The fourth-order valence-corrected chi connectivity index (χ4v) is 6.61. The van der Waals surface area contributed by atoms with E-state index in [1.807, 2.05) is 58.0 Å². The van der Waals surface area contributed by atoms with Crippen molar-refractivity contribution in [1.82, 2.24) is 26.2 Å². The fraction of sp³-hybridized carbons (Fsp3) is 0.639. The number of nitrogens with one attached hydrogen (secondary N) is 4. The number of likely N-dealkylation sites (tertiary alicyclic amines) is 1. The lowest BCUT2D eigenvalue weighted by Gasteiger charge is -2.38. The van der Waals surface area contributed by atoms with Crippen LogP contribution in [0.4, 0.5) is 4.79 Å². The smallest absolute Gasteiger partial charge is 0.315 e. The number of urea groups is 1. The molecule has 1 aliphatic heterocycles. The van der Waals surface area contributed by atoms with E-state index in [9.17, 15) is 24.0 Å². The molecule has 10 heteroatoms. The molecule has 1 aromatic rings. The number of amides is 5. The van der Waals surface area contributed by atoms with Crippen LogP contribution < -0.4 is 21.3 Å². The van der Waals surface area contributed by atoms with Gasteiger partial charge in [0, 0.05) is 19.1 Å². The van der Waals surface area contributed by atoms with Gasteiger partial charge < -0.3 is 26.2 Å². The van der Waals surface area contributed by atoms with E-state index in [0.717, 1.165) is 5.56 Å². The molecule has 3 rings (SSSR count). The van der Waals surface area contributed by atoms with Crippen LogP contribution in [0.3, 0.4) is 0 Å². The molecule has 2 unspecified atom stereocenters.